The summed E-state index contributed by atoms with van der Waals surface area (Å²) in [5, 5.41) is 15.6. The van der Waals surface area contributed by atoms with E-state index >= 15 is 0 Å². The zero-order valence-corrected chi connectivity index (χ0v) is 14.8. The monoisotopic (exact) mass is 364 g/mol. The third-order valence-electron chi connectivity index (χ3n) is 3.30. The molecule has 1 saturated heterocycles. The highest BCUT2D eigenvalue weighted by Gasteiger charge is 2.14. The third-order valence-corrected chi connectivity index (χ3v) is 3.30. The number of carbonyl (C=O) groups is 2. The molecule has 0 unspecified atom stereocenters. The molecule has 4 N–H and O–H groups in total. The van der Waals surface area contributed by atoms with Crippen molar-refractivity contribution < 1.29 is 24.5 Å². The van der Waals surface area contributed by atoms with Gasteiger partial charge in [-0.05, 0) is 12.1 Å². The first-order valence-corrected chi connectivity index (χ1v) is 7.88. The maximum absolute atomic E-state index is 9.55. The van der Waals surface area contributed by atoms with Gasteiger partial charge in [-0.3, -0.25) is 0 Å². The van der Waals surface area contributed by atoms with Crippen LogP contribution in [-0.2, 0) is 14.3 Å². The number of guanidine groups is 1. The summed E-state index contributed by atoms with van der Waals surface area (Å²) < 4.78 is 5.37. The second kappa shape index (κ2) is 10.7. The average Bonchev–Trinajstić information content (AvgIpc) is 2.61. The highest BCUT2D eigenvalue weighted by molar-refractivity contribution is 5.89. The summed E-state index contributed by atoms with van der Waals surface area (Å²) in [6, 6.07) is 8.07. The summed E-state index contributed by atoms with van der Waals surface area (Å²) in [6.07, 6.45) is 1.12. The maximum Gasteiger partial charge on any atom is 0.328 e. The van der Waals surface area contributed by atoms with Gasteiger partial charge in [0.15, 0.2) is 5.96 Å². The number of hydrogen-bond acceptors (Lipinski definition) is 5. The molecule has 26 heavy (non-hydrogen) atoms. The van der Waals surface area contributed by atoms with Crippen LogP contribution in [0.2, 0.25) is 0 Å². The zero-order valence-electron chi connectivity index (χ0n) is 14.8. The van der Waals surface area contributed by atoms with Crippen LogP contribution in [0.3, 0.4) is 0 Å². The highest BCUT2D eigenvalue weighted by atomic mass is 16.5. The summed E-state index contributed by atoms with van der Waals surface area (Å²) >= 11 is 0. The minimum Gasteiger partial charge on any atom is -0.478 e. The largest absolute Gasteiger partial charge is 0.478 e. The summed E-state index contributed by atoms with van der Waals surface area (Å²) in [7, 11) is 3.77. The molecule has 9 heteroatoms. The molecule has 0 bridgehead atoms. The van der Waals surface area contributed by atoms with Crippen molar-refractivity contribution >= 4 is 29.3 Å². The fourth-order valence-electron chi connectivity index (χ4n) is 2.00. The van der Waals surface area contributed by atoms with Gasteiger partial charge in [0.2, 0.25) is 0 Å². The Labute approximate surface area is 152 Å². The lowest BCUT2D eigenvalue weighted by molar-refractivity contribution is -0.134. The molecule has 1 aromatic carbocycles. The topological polar surface area (TPSA) is 129 Å². The summed E-state index contributed by atoms with van der Waals surface area (Å²) in [4.78, 5) is 27.7. The lowest BCUT2D eigenvalue weighted by atomic mass is 10.2. The van der Waals surface area contributed by atoms with Gasteiger partial charge >= 0.3 is 11.9 Å². The van der Waals surface area contributed by atoms with Gasteiger partial charge in [-0.15, -0.1) is 0 Å². The van der Waals surface area contributed by atoms with Gasteiger partial charge in [0.05, 0.1) is 24.6 Å². The Morgan fingerprint density at radius 2 is 1.69 bits per heavy atom. The number of benzene rings is 1. The van der Waals surface area contributed by atoms with E-state index in [4.69, 9.17) is 20.7 Å². The van der Waals surface area contributed by atoms with E-state index in [-0.39, 0.29) is 0 Å². The summed E-state index contributed by atoms with van der Waals surface area (Å²) in [5.74, 6) is -2.00. The SMILES string of the molecule is CN(C)C(N)=Nc1ccccc1N1CCOCC1.O=C(O)C=CC(=O)O. The van der Waals surface area contributed by atoms with E-state index < -0.39 is 11.9 Å². The van der Waals surface area contributed by atoms with Crippen molar-refractivity contribution in [1.82, 2.24) is 4.90 Å². The van der Waals surface area contributed by atoms with Crippen LogP contribution in [0.4, 0.5) is 11.4 Å². The first-order valence-electron chi connectivity index (χ1n) is 7.88. The number of carboxylic acid groups (broad SMARTS) is 2. The van der Waals surface area contributed by atoms with E-state index in [2.05, 4.69) is 16.0 Å². The second-order valence-corrected chi connectivity index (χ2v) is 5.46. The molecule has 0 saturated carbocycles. The minimum atomic E-state index is -1.26. The summed E-state index contributed by atoms with van der Waals surface area (Å²) in [5.41, 5.74) is 7.90. The van der Waals surface area contributed by atoms with Gasteiger partial charge in [-0.1, -0.05) is 12.1 Å². The number of rotatable bonds is 4. The molecule has 1 heterocycles. The Bertz CT molecular complexity index is 651. The molecule has 9 nitrogen and oxygen atoms in total. The second-order valence-electron chi connectivity index (χ2n) is 5.46. The van der Waals surface area contributed by atoms with Gasteiger partial charge in [0.25, 0.3) is 0 Å². The van der Waals surface area contributed by atoms with Crippen LogP contribution in [-0.4, -0.2) is 73.4 Å². The number of carboxylic acids is 2. The number of nitrogens with zero attached hydrogens (tertiary/aromatic N) is 3. The van der Waals surface area contributed by atoms with E-state index in [0.29, 0.717) is 18.1 Å². The summed E-state index contributed by atoms with van der Waals surface area (Å²) in [6.45, 7) is 3.32. The number of morpholine rings is 1. The van der Waals surface area contributed by atoms with E-state index in [1.165, 1.54) is 0 Å². The predicted molar refractivity (Wildman–Crippen MR) is 98.9 cm³/mol. The number of aliphatic imine (C=N–C) groups is 1. The number of aliphatic carboxylic acids is 2. The van der Waals surface area contributed by atoms with Gasteiger partial charge < -0.3 is 30.5 Å². The molecule has 1 aliphatic heterocycles. The third kappa shape index (κ3) is 7.67. The average molecular weight is 364 g/mol. The fourth-order valence-corrected chi connectivity index (χ4v) is 2.00. The molecule has 0 atom stereocenters. The standard InChI is InChI=1S/C13H20N4O.C4H4O4/c1-16(2)13(14)15-11-5-3-4-6-12(11)17-7-9-18-10-8-17;5-3(6)1-2-4(7)8/h3-6H,7-10H2,1-2H3,(H2,14,15);1-2H,(H,5,6)(H,7,8). The van der Waals surface area contributed by atoms with Crippen LogP contribution in [0.5, 0.6) is 0 Å². The number of anilines is 1. The van der Waals surface area contributed by atoms with Gasteiger partial charge in [0, 0.05) is 39.3 Å². The number of ether oxygens (including phenoxy) is 1. The molecule has 2 rings (SSSR count). The Kier molecular flexibility index (Phi) is 8.65. The Morgan fingerprint density at radius 1 is 1.15 bits per heavy atom. The van der Waals surface area contributed by atoms with Crippen molar-refractivity contribution in [1.29, 1.82) is 0 Å². The van der Waals surface area contributed by atoms with Gasteiger partial charge in [0.1, 0.15) is 0 Å². The molecular formula is C17H24N4O5. The van der Waals surface area contributed by atoms with Crippen molar-refractivity contribution in [2.75, 3.05) is 45.3 Å². The molecule has 1 fully saturated rings. The van der Waals surface area contributed by atoms with Crippen molar-refractivity contribution in [3.63, 3.8) is 0 Å². The lowest BCUT2D eigenvalue weighted by Gasteiger charge is -2.29. The maximum atomic E-state index is 9.55. The van der Waals surface area contributed by atoms with Crippen molar-refractivity contribution in [3.8, 4) is 0 Å². The molecule has 0 radical (unpaired) electrons. The highest BCUT2D eigenvalue weighted by Crippen LogP contribution is 2.28. The Hall–Kier alpha value is -3.07. The first kappa shape index (κ1) is 21.0. The van der Waals surface area contributed by atoms with E-state index in [1.54, 1.807) is 4.90 Å². The van der Waals surface area contributed by atoms with Gasteiger partial charge in [-0.25, -0.2) is 14.6 Å². The molecule has 142 valence electrons. The molecule has 0 aromatic heterocycles. The van der Waals surface area contributed by atoms with Crippen LogP contribution in [0.1, 0.15) is 0 Å². The Balaban J connectivity index is 0.000000359. The number of nitrogens with two attached hydrogens (primary N) is 1. The lowest BCUT2D eigenvalue weighted by Crippen LogP contribution is -2.36. The van der Waals surface area contributed by atoms with Crippen LogP contribution < -0.4 is 10.6 Å². The number of para-hydroxylation sites is 2. The normalized spacial score (nSPS) is 14.5. The fraction of sp³-hybridized carbons (Fsp3) is 0.353. The van der Waals surface area contributed by atoms with Crippen molar-refractivity contribution in [2.24, 2.45) is 10.7 Å². The molecule has 0 spiro atoms. The van der Waals surface area contributed by atoms with Crippen LogP contribution in [0.15, 0.2) is 41.4 Å². The van der Waals surface area contributed by atoms with Crippen molar-refractivity contribution in [2.45, 2.75) is 0 Å². The molecule has 1 aromatic rings. The van der Waals surface area contributed by atoms with Crippen LogP contribution >= 0.6 is 0 Å². The van der Waals surface area contributed by atoms with E-state index in [0.717, 1.165) is 37.7 Å². The molecule has 0 aliphatic carbocycles. The smallest absolute Gasteiger partial charge is 0.328 e. The minimum absolute atomic E-state index is 0.510. The predicted octanol–water partition coefficient (Wildman–Crippen LogP) is 0.743. The number of hydrogen-bond donors (Lipinski definition) is 3. The van der Waals surface area contributed by atoms with Crippen LogP contribution in [0.25, 0.3) is 0 Å². The van der Waals surface area contributed by atoms with E-state index in [1.807, 2.05) is 32.3 Å². The van der Waals surface area contributed by atoms with Crippen LogP contribution in [0, 0.1) is 0 Å². The molecular weight excluding hydrogens is 340 g/mol. The van der Waals surface area contributed by atoms with Gasteiger partial charge in [-0.2, -0.15) is 0 Å². The quantitative estimate of drug-likeness (QED) is 0.405. The Morgan fingerprint density at radius 3 is 2.19 bits per heavy atom. The zero-order chi connectivity index (χ0) is 19.5. The first-order chi connectivity index (χ1) is 12.3. The van der Waals surface area contributed by atoms with Crippen molar-refractivity contribution in [3.05, 3.63) is 36.4 Å². The van der Waals surface area contributed by atoms with E-state index in [9.17, 15) is 9.59 Å². The molecule has 0 amide bonds. The molecule has 1 aliphatic rings.